The van der Waals surface area contributed by atoms with Crippen LogP contribution in [-0.2, 0) is 9.47 Å². The van der Waals surface area contributed by atoms with Gasteiger partial charge in [-0.25, -0.2) is 4.39 Å². The van der Waals surface area contributed by atoms with Gasteiger partial charge in [-0.15, -0.1) is 0 Å². The number of rotatable bonds is 6. The van der Waals surface area contributed by atoms with Gasteiger partial charge in [0.05, 0.1) is 43.3 Å². The Morgan fingerprint density at radius 1 is 1.10 bits per heavy atom. The zero-order chi connectivity index (χ0) is 14.9. The molecule has 0 aromatic carbocycles. The molecule has 0 spiro atoms. The monoisotopic (exact) mass is 292 g/mol. The fourth-order valence-electron chi connectivity index (χ4n) is 2.91. The summed E-state index contributed by atoms with van der Waals surface area (Å²) < 4.78 is 23.9. The van der Waals surface area contributed by atoms with Crippen LogP contribution in [0.4, 0.5) is 4.39 Å². The van der Waals surface area contributed by atoms with Gasteiger partial charge in [-0.2, -0.15) is 0 Å². The van der Waals surface area contributed by atoms with Crippen LogP contribution in [0.5, 0.6) is 0 Å². The zero-order valence-corrected chi connectivity index (χ0v) is 12.0. The van der Waals surface area contributed by atoms with Crippen molar-refractivity contribution < 1.29 is 29.2 Å². The molecule has 2 aliphatic heterocycles. The number of hydrogen-bond donors (Lipinski definition) is 3. The minimum Gasteiger partial charge on any atom is -0.393 e. The molecule has 0 bridgehead atoms. The molecule has 2 rings (SSSR count). The number of hydrogen-bond acceptors (Lipinski definition) is 5. The molecule has 0 aromatic rings. The molecule has 2 fully saturated rings. The predicted octanol–water partition coefficient (Wildman–Crippen LogP) is 0.400. The topological polar surface area (TPSA) is 82.5 Å². The third-order valence-corrected chi connectivity index (χ3v) is 4.09. The molecule has 1 unspecified atom stereocenters. The summed E-state index contributed by atoms with van der Waals surface area (Å²) in [5.41, 5.74) is 0. The Morgan fingerprint density at radius 3 is 2.40 bits per heavy atom. The highest BCUT2D eigenvalue weighted by molar-refractivity contribution is 4.94. The molecule has 2 heterocycles. The third kappa shape index (κ3) is 4.11. The first-order valence-corrected chi connectivity index (χ1v) is 7.33. The van der Waals surface area contributed by atoms with E-state index in [9.17, 15) is 19.7 Å². The lowest BCUT2D eigenvalue weighted by atomic mass is 9.86. The Labute approximate surface area is 118 Å². The van der Waals surface area contributed by atoms with E-state index in [2.05, 4.69) is 0 Å². The van der Waals surface area contributed by atoms with E-state index in [0.717, 1.165) is 0 Å². The molecule has 118 valence electrons. The Balaban J connectivity index is 1.78. The van der Waals surface area contributed by atoms with Crippen LogP contribution < -0.4 is 0 Å². The third-order valence-electron chi connectivity index (χ3n) is 4.09. The summed E-state index contributed by atoms with van der Waals surface area (Å²) in [4.78, 5) is 0. The van der Waals surface area contributed by atoms with Crippen molar-refractivity contribution in [3.05, 3.63) is 0 Å². The predicted molar refractivity (Wildman–Crippen MR) is 70.0 cm³/mol. The molecule has 6 heteroatoms. The van der Waals surface area contributed by atoms with Gasteiger partial charge in [-0.1, -0.05) is 0 Å². The van der Waals surface area contributed by atoms with Crippen molar-refractivity contribution >= 4 is 0 Å². The van der Waals surface area contributed by atoms with E-state index in [0.29, 0.717) is 19.4 Å². The molecule has 0 aromatic heterocycles. The Hall–Kier alpha value is -0.270. The van der Waals surface area contributed by atoms with Crippen LogP contribution >= 0.6 is 0 Å². The number of epoxide rings is 1. The van der Waals surface area contributed by atoms with E-state index in [1.807, 2.05) is 0 Å². The SMILES string of the molecule is CC(F)C[C@@H]1OC[C@H](C[C@@H]2O[C@H]2C[C@H](C)O)[C@@H](O)[C@H]1O. The molecule has 0 amide bonds. The average Bonchev–Trinajstić information content (AvgIpc) is 3.05. The average molecular weight is 292 g/mol. The molecule has 0 radical (unpaired) electrons. The van der Waals surface area contributed by atoms with Crippen LogP contribution in [-0.4, -0.2) is 64.7 Å². The van der Waals surface area contributed by atoms with Gasteiger partial charge in [-0.3, -0.25) is 0 Å². The number of aliphatic hydroxyl groups excluding tert-OH is 3. The summed E-state index contributed by atoms with van der Waals surface area (Å²) in [5, 5.41) is 29.4. The molecule has 0 saturated carbocycles. The normalized spacial score (nSPS) is 44.1. The highest BCUT2D eigenvalue weighted by Gasteiger charge is 2.45. The fraction of sp³-hybridized carbons (Fsp3) is 1.00. The van der Waals surface area contributed by atoms with Crippen LogP contribution in [0.25, 0.3) is 0 Å². The van der Waals surface area contributed by atoms with Crippen molar-refractivity contribution in [2.45, 2.75) is 75.9 Å². The largest absolute Gasteiger partial charge is 0.393 e. The van der Waals surface area contributed by atoms with Gasteiger partial charge in [-0.05, 0) is 20.3 Å². The molecular formula is C14H25FO5. The first-order valence-electron chi connectivity index (χ1n) is 7.33. The van der Waals surface area contributed by atoms with Crippen molar-refractivity contribution in [2.75, 3.05) is 6.61 Å². The van der Waals surface area contributed by atoms with Crippen LogP contribution in [0, 0.1) is 5.92 Å². The van der Waals surface area contributed by atoms with Crippen molar-refractivity contribution in [1.29, 1.82) is 0 Å². The van der Waals surface area contributed by atoms with E-state index in [-0.39, 0.29) is 24.5 Å². The standard InChI is InChI=1S/C14H25FO5/c1-7(15)3-12-14(18)13(17)9(6-19-12)5-11-10(20-11)4-8(2)16/h7-14,16-18H,3-6H2,1-2H3/t7?,8-,9-,10-,11-,12-,13+,14-/m0/s1. The van der Waals surface area contributed by atoms with E-state index in [1.54, 1.807) is 6.92 Å². The van der Waals surface area contributed by atoms with Gasteiger partial charge in [0, 0.05) is 18.8 Å². The number of ether oxygens (including phenoxy) is 2. The van der Waals surface area contributed by atoms with Gasteiger partial charge < -0.3 is 24.8 Å². The Morgan fingerprint density at radius 2 is 1.80 bits per heavy atom. The molecule has 20 heavy (non-hydrogen) atoms. The second kappa shape index (κ2) is 6.66. The van der Waals surface area contributed by atoms with E-state index in [4.69, 9.17) is 9.47 Å². The van der Waals surface area contributed by atoms with Crippen molar-refractivity contribution in [2.24, 2.45) is 5.92 Å². The second-order valence-electron chi connectivity index (χ2n) is 6.16. The lowest BCUT2D eigenvalue weighted by molar-refractivity contribution is -0.171. The van der Waals surface area contributed by atoms with Gasteiger partial charge in [0.1, 0.15) is 6.10 Å². The quantitative estimate of drug-likeness (QED) is 0.617. The van der Waals surface area contributed by atoms with Gasteiger partial charge in [0.15, 0.2) is 0 Å². The van der Waals surface area contributed by atoms with Crippen LogP contribution in [0.3, 0.4) is 0 Å². The van der Waals surface area contributed by atoms with Crippen molar-refractivity contribution in [1.82, 2.24) is 0 Å². The molecule has 2 saturated heterocycles. The van der Waals surface area contributed by atoms with Crippen LogP contribution in [0.1, 0.15) is 33.1 Å². The van der Waals surface area contributed by atoms with E-state index in [1.165, 1.54) is 6.92 Å². The maximum atomic E-state index is 13.0. The number of halogens is 1. The maximum absolute atomic E-state index is 13.0. The first kappa shape index (κ1) is 16.1. The smallest absolute Gasteiger partial charge is 0.106 e. The van der Waals surface area contributed by atoms with Crippen molar-refractivity contribution in [3.63, 3.8) is 0 Å². The lowest BCUT2D eigenvalue weighted by Crippen LogP contribution is -2.51. The molecule has 0 aliphatic carbocycles. The summed E-state index contributed by atoms with van der Waals surface area (Å²) in [6.07, 6.45) is -2.78. The molecular weight excluding hydrogens is 267 g/mol. The number of aliphatic hydroxyl groups is 3. The summed E-state index contributed by atoms with van der Waals surface area (Å²) in [6, 6.07) is 0. The van der Waals surface area contributed by atoms with E-state index >= 15 is 0 Å². The minimum absolute atomic E-state index is 0.0108. The first-order chi connectivity index (χ1) is 9.38. The van der Waals surface area contributed by atoms with Crippen LogP contribution in [0.15, 0.2) is 0 Å². The van der Waals surface area contributed by atoms with Gasteiger partial charge in [0.2, 0.25) is 0 Å². The second-order valence-corrected chi connectivity index (χ2v) is 6.16. The summed E-state index contributed by atoms with van der Waals surface area (Å²) in [7, 11) is 0. The number of alkyl halides is 1. The Kier molecular flexibility index (Phi) is 5.36. The summed E-state index contributed by atoms with van der Waals surface area (Å²) in [6.45, 7) is 3.42. The molecule has 3 N–H and O–H groups in total. The van der Waals surface area contributed by atoms with E-state index < -0.39 is 30.6 Å². The van der Waals surface area contributed by atoms with Crippen LogP contribution in [0.2, 0.25) is 0 Å². The zero-order valence-electron chi connectivity index (χ0n) is 12.0. The minimum atomic E-state index is -1.07. The molecule has 5 nitrogen and oxygen atoms in total. The maximum Gasteiger partial charge on any atom is 0.106 e. The summed E-state index contributed by atoms with van der Waals surface area (Å²) >= 11 is 0. The highest BCUT2D eigenvalue weighted by atomic mass is 19.1. The van der Waals surface area contributed by atoms with Gasteiger partial charge >= 0.3 is 0 Å². The van der Waals surface area contributed by atoms with Gasteiger partial charge in [0.25, 0.3) is 0 Å². The molecule has 2 aliphatic rings. The summed E-state index contributed by atoms with van der Waals surface area (Å²) in [5.74, 6) is -0.208. The highest BCUT2D eigenvalue weighted by Crippen LogP contribution is 2.35. The fourth-order valence-corrected chi connectivity index (χ4v) is 2.91. The molecule has 8 atom stereocenters. The Bertz CT molecular complexity index is 312. The lowest BCUT2D eigenvalue weighted by Gasteiger charge is -2.38. The van der Waals surface area contributed by atoms with Crippen molar-refractivity contribution in [3.8, 4) is 0 Å².